The molecule has 3 nitrogen and oxygen atoms in total. The van der Waals surface area contributed by atoms with Crippen LogP contribution >= 0.6 is 0 Å². The molecule has 3 heterocycles. The molecule has 0 radical (unpaired) electrons. The first-order valence-electron chi connectivity index (χ1n) is 16.8. The molecule has 3 aromatic heterocycles. The van der Waals surface area contributed by atoms with Gasteiger partial charge in [-0.2, -0.15) is 0 Å². The Labute approximate surface area is 291 Å². The molecule has 0 aliphatic heterocycles. The third-order valence-corrected chi connectivity index (χ3v) is 13.9. The van der Waals surface area contributed by atoms with Gasteiger partial charge in [-0.15, -0.1) is 0 Å². The Bertz CT molecular complexity index is 2980. The second kappa shape index (κ2) is 10.3. The van der Waals surface area contributed by atoms with Crippen molar-refractivity contribution in [3.63, 3.8) is 0 Å². The van der Waals surface area contributed by atoms with Gasteiger partial charge in [-0.05, 0) is 0 Å². The van der Waals surface area contributed by atoms with Crippen molar-refractivity contribution in [2.75, 3.05) is 0 Å². The van der Waals surface area contributed by atoms with Crippen molar-refractivity contribution in [1.82, 2.24) is 9.13 Å². The summed E-state index contributed by atoms with van der Waals surface area (Å²) in [4.78, 5) is 13.9. The van der Waals surface area contributed by atoms with Crippen LogP contribution in [-0.2, 0) is 12.8 Å². The van der Waals surface area contributed by atoms with E-state index < -0.39 is 20.4 Å². The summed E-state index contributed by atoms with van der Waals surface area (Å²) in [5.41, 5.74) is 12.8. The van der Waals surface area contributed by atoms with E-state index in [2.05, 4.69) is 143 Å². The first-order valence-corrected chi connectivity index (χ1v) is 19.2. The molecule has 230 valence electrons. The normalized spacial score (nSPS) is 12.8. The predicted molar refractivity (Wildman–Crippen MR) is 205 cm³/mol. The van der Waals surface area contributed by atoms with Gasteiger partial charge >= 0.3 is 293 Å². The van der Waals surface area contributed by atoms with Crippen LogP contribution < -0.4 is 5.43 Å². The molecule has 11 rings (SSSR count). The molecule has 7 aromatic carbocycles. The van der Waals surface area contributed by atoms with Gasteiger partial charge in [0, 0.05) is 0 Å². The summed E-state index contributed by atoms with van der Waals surface area (Å²) < 4.78 is 7.47. The number of hydrogen-bond donors (Lipinski definition) is 0. The molecule has 4 heteroatoms. The first kappa shape index (κ1) is 27.5. The standard InChI is InChI=1S/C45H28N2OTe/c48-45-33-15-5-10-20-43(33)49-44-26-28-24-35-34(23-27(28)25-36(44)45)41(46-37-16-6-1-11-29(37)30-12-2-7-17-38(30)46)21-22-42(35)47-39-18-8-3-13-31(39)32-14-4-9-19-40(32)47/h1-22,25-26H,23-24H2. The molecule has 0 bridgehead atoms. The van der Waals surface area contributed by atoms with Crippen LogP contribution in [0.1, 0.15) is 22.3 Å². The molecule has 0 fully saturated rings. The van der Waals surface area contributed by atoms with E-state index in [4.69, 9.17) is 0 Å². The average Bonchev–Trinajstić information content (AvgIpc) is 3.66. The molecule has 49 heavy (non-hydrogen) atoms. The quantitative estimate of drug-likeness (QED) is 0.128. The van der Waals surface area contributed by atoms with E-state index in [0.29, 0.717) is 0 Å². The summed E-state index contributed by atoms with van der Waals surface area (Å²) in [5.74, 6) is 0. The van der Waals surface area contributed by atoms with Crippen LogP contribution in [0.4, 0.5) is 0 Å². The second-order valence-electron chi connectivity index (χ2n) is 13.2. The maximum absolute atomic E-state index is 13.9. The van der Waals surface area contributed by atoms with E-state index in [9.17, 15) is 4.79 Å². The molecule has 0 saturated heterocycles. The fourth-order valence-corrected chi connectivity index (χ4v) is 11.7. The fraction of sp³-hybridized carbons (Fsp3) is 0.0444. The van der Waals surface area contributed by atoms with Gasteiger partial charge in [0.15, 0.2) is 0 Å². The Kier molecular flexibility index (Phi) is 5.79. The molecule has 0 amide bonds. The van der Waals surface area contributed by atoms with Gasteiger partial charge in [-0.25, -0.2) is 0 Å². The zero-order valence-corrected chi connectivity index (χ0v) is 28.8. The van der Waals surface area contributed by atoms with Gasteiger partial charge in [0.1, 0.15) is 0 Å². The second-order valence-corrected chi connectivity index (χ2v) is 16.3. The molecule has 0 saturated carbocycles. The van der Waals surface area contributed by atoms with E-state index in [1.807, 2.05) is 12.1 Å². The van der Waals surface area contributed by atoms with E-state index in [1.54, 1.807) is 0 Å². The Hall–Kier alpha value is -5.40. The Morgan fingerprint density at radius 2 is 0.816 bits per heavy atom. The Morgan fingerprint density at radius 3 is 1.31 bits per heavy atom. The molecule has 1 aliphatic rings. The van der Waals surface area contributed by atoms with Gasteiger partial charge < -0.3 is 0 Å². The average molecular weight is 740 g/mol. The van der Waals surface area contributed by atoms with E-state index in [-0.39, 0.29) is 5.43 Å². The third kappa shape index (κ3) is 3.88. The summed E-state index contributed by atoms with van der Waals surface area (Å²) in [6.45, 7) is 0. The molecule has 0 atom stereocenters. The van der Waals surface area contributed by atoms with Gasteiger partial charge in [-0.1, -0.05) is 0 Å². The summed E-state index contributed by atoms with van der Waals surface area (Å²) in [6, 6.07) is 52.7. The van der Waals surface area contributed by atoms with E-state index >= 15 is 0 Å². The first-order chi connectivity index (χ1) is 24.2. The van der Waals surface area contributed by atoms with Crippen molar-refractivity contribution in [3.8, 4) is 11.4 Å². The summed E-state index contributed by atoms with van der Waals surface area (Å²) in [5, 5.41) is 6.88. The van der Waals surface area contributed by atoms with Crippen molar-refractivity contribution in [1.29, 1.82) is 0 Å². The number of para-hydroxylation sites is 4. The third-order valence-electron chi connectivity index (χ3n) is 10.7. The molecular weight excluding hydrogens is 712 g/mol. The fourth-order valence-electron chi connectivity index (χ4n) is 8.49. The van der Waals surface area contributed by atoms with Gasteiger partial charge in [-0.3, -0.25) is 0 Å². The number of benzene rings is 7. The van der Waals surface area contributed by atoms with Crippen LogP contribution in [0.15, 0.2) is 150 Å². The molecule has 1 aliphatic carbocycles. The van der Waals surface area contributed by atoms with Crippen LogP contribution in [0.3, 0.4) is 0 Å². The zero-order valence-electron chi connectivity index (χ0n) is 26.5. The van der Waals surface area contributed by atoms with Crippen molar-refractivity contribution in [2.24, 2.45) is 0 Å². The van der Waals surface area contributed by atoms with Crippen molar-refractivity contribution < 1.29 is 0 Å². The SMILES string of the molecule is O=c1c2ccccc2[te]c2cc3c(cc12)Cc1c(-n2c4ccccc4c4ccccc42)ccc(-n2c4ccccc4c4ccccc42)c1C3. The van der Waals surface area contributed by atoms with Gasteiger partial charge in [0.05, 0.1) is 0 Å². The Balaban J connectivity index is 1.24. The van der Waals surface area contributed by atoms with Gasteiger partial charge in [0.2, 0.25) is 0 Å². The molecule has 0 N–H and O–H groups in total. The van der Waals surface area contributed by atoms with Crippen LogP contribution in [0.5, 0.6) is 0 Å². The van der Waals surface area contributed by atoms with Crippen LogP contribution in [-0.4, -0.2) is 29.6 Å². The topological polar surface area (TPSA) is 26.9 Å². The Morgan fingerprint density at radius 1 is 0.408 bits per heavy atom. The summed E-state index contributed by atoms with van der Waals surface area (Å²) in [6.07, 6.45) is 1.59. The minimum atomic E-state index is -0.660. The number of hydrogen-bond acceptors (Lipinski definition) is 1. The molecule has 0 unspecified atom stereocenters. The van der Waals surface area contributed by atoms with E-state index in [0.717, 1.165) is 23.6 Å². The molecule has 0 spiro atoms. The van der Waals surface area contributed by atoms with E-state index in [1.165, 1.54) is 84.0 Å². The molecular formula is C45H28N2OTe. The maximum atomic E-state index is 13.9. The number of aromatic nitrogens is 2. The van der Waals surface area contributed by atoms with Crippen LogP contribution in [0.25, 0.3) is 72.6 Å². The summed E-state index contributed by atoms with van der Waals surface area (Å²) in [7, 11) is 0. The van der Waals surface area contributed by atoms with Crippen LogP contribution in [0, 0.1) is 0 Å². The van der Waals surface area contributed by atoms with Gasteiger partial charge in [0.25, 0.3) is 0 Å². The number of fused-ring (bicyclic) bond motifs is 10. The van der Waals surface area contributed by atoms with Crippen molar-refractivity contribution in [3.05, 3.63) is 178 Å². The number of rotatable bonds is 2. The van der Waals surface area contributed by atoms with Crippen LogP contribution in [0.2, 0.25) is 0 Å². The summed E-state index contributed by atoms with van der Waals surface area (Å²) >= 11 is -0.660. The monoisotopic (exact) mass is 742 g/mol. The van der Waals surface area contributed by atoms with Crippen molar-refractivity contribution in [2.45, 2.75) is 12.8 Å². The van der Waals surface area contributed by atoms with Crippen molar-refractivity contribution >= 4 is 81.6 Å². The predicted octanol–water partition coefficient (Wildman–Crippen LogP) is 10.1. The zero-order chi connectivity index (χ0) is 32.2. The number of nitrogens with zero attached hydrogens (tertiary/aromatic N) is 2. The minimum absolute atomic E-state index is 0.178. The molecule has 10 aromatic rings.